The highest BCUT2D eigenvalue weighted by Crippen LogP contribution is 2.34. The second-order valence-electron chi connectivity index (χ2n) is 5.75. The van der Waals surface area contributed by atoms with Crippen LogP contribution in [0.2, 0.25) is 0 Å². The number of aryl methyl sites for hydroxylation is 1. The van der Waals surface area contributed by atoms with Crippen molar-refractivity contribution in [2.24, 2.45) is 0 Å². The van der Waals surface area contributed by atoms with E-state index in [2.05, 4.69) is 21.8 Å². The summed E-state index contributed by atoms with van der Waals surface area (Å²) in [6.45, 7) is 3.90. The Morgan fingerprint density at radius 2 is 2.00 bits per heavy atom. The molecule has 0 spiro atoms. The Morgan fingerprint density at radius 3 is 2.67 bits per heavy atom. The lowest BCUT2D eigenvalue weighted by Crippen LogP contribution is -2.23. The molecule has 1 atom stereocenters. The quantitative estimate of drug-likeness (QED) is 0.535. The van der Waals surface area contributed by atoms with Crippen molar-refractivity contribution in [1.82, 2.24) is 9.97 Å². The van der Waals surface area contributed by atoms with Gasteiger partial charge in [0.05, 0.1) is 16.7 Å². The minimum atomic E-state index is -0.388. The highest BCUT2D eigenvalue weighted by atomic mass is 16.6. The van der Waals surface area contributed by atoms with Gasteiger partial charge < -0.3 is 4.90 Å². The summed E-state index contributed by atoms with van der Waals surface area (Å²) in [7, 11) is 1.96. The van der Waals surface area contributed by atoms with Gasteiger partial charge in [-0.05, 0) is 32.0 Å². The van der Waals surface area contributed by atoms with Gasteiger partial charge in [-0.3, -0.25) is 15.1 Å². The number of fused-ring (bicyclic) bond motifs is 1. The van der Waals surface area contributed by atoms with Crippen LogP contribution in [0.1, 0.15) is 24.4 Å². The molecule has 3 aromatic rings. The van der Waals surface area contributed by atoms with Crippen LogP contribution in [0.5, 0.6) is 0 Å². The standard InChI is InChI=1S/C18H18N4O2/c1-12-11-17(21(3)13(2)15-8-4-5-10-19-15)14-7-6-9-16(22(23)24)18(14)20-12/h4-11,13H,1-3H3. The normalized spacial score (nSPS) is 12.1. The predicted molar refractivity (Wildman–Crippen MR) is 94.2 cm³/mol. The smallest absolute Gasteiger partial charge is 0.295 e. The Labute approximate surface area is 139 Å². The van der Waals surface area contributed by atoms with Gasteiger partial charge in [0.2, 0.25) is 0 Å². The molecule has 2 aromatic heterocycles. The van der Waals surface area contributed by atoms with E-state index >= 15 is 0 Å². The summed E-state index contributed by atoms with van der Waals surface area (Å²) in [5, 5.41) is 12.1. The van der Waals surface area contributed by atoms with Gasteiger partial charge in [0.15, 0.2) is 5.52 Å². The zero-order chi connectivity index (χ0) is 17.3. The number of nitro benzene ring substituents is 1. The van der Waals surface area contributed by atoms with Crippen molar-refractivity contribution in [2.75, 3.05) is 11.9 Å². The molecule has 24 heavy (non-hydrogen) atoms. The van der Waals surface area contributed by atoms with Gasteiger partial charge in [0, 0.05) is 36.1 Å². The minimum absolute atomic E-state index is 0.0236. The molecule has 6 nitrogen and oxygen atoms in total. The summed E-state index contributed by atoms with van der Waals surface area (Å²) >= 11 is 0. The van der Waals surface area contributed by atoms with Crippen molar-refractivity contribution in [3.8, 4) is 0 Å². The number of pyridine rings is 2. The first-order valence-electron chi connectivity index (χ1n) is 7.67. The highest BCUT2D eigenvalue weighted by Gasteiger charge is 2.20. The van der Waals surface area contributed by atoms with Crippen LogP contribution in [0.15, 0.2) is 48.7 Å². The van der Waals surface area contributed by atoms with Gasteiger partial charge in [-0.25, -0.2) is 4.98 Å². The lowest BCUT2D eigenvalue weighted by atomic mass is 10.1. The maximum absolute atomic E-state index is 11.3. The average molecular weight is 322 g/mol. The third-order valence-electron chi connectivity index (χ3n) is 4.20. The van der Waals surface area contributed by atoms with E-state index in [1.807, 2.05) is 44.3 Å². The van der Waals surface area contributed by atoms with E-state index in [0.717, 1.165) is 22.5 Å². The molecule has 0 saturated carbocycles. The summed E-state index contributed by atoms with van der Waals surface area (Å²) in [5.41, 5.74) is 3.02. The predicted octanol–water partition coefficient (Wildman–Crippen LogP) is 4.04. The molecule has 1 aromatic carbocycles. The second kappa shape index (κ2) is 6.23. The van der Waals surface area contributed by atoms with Crippen LogP contribution in [0.4, 0.5) is 11.4 Å². The molecule has 0 saturated heterocycles. The molecule has 122 valence electrons. The molecule has 0 aliphatic heterocycles. The summed E-state index contributed by atoms with van der Waals surface area (Å²) in [6, 6.07) is 12.8. The van der Waals surface area contributed by atoms with Crippen LogP contribution in [0, 0.1) is 17.0 Å². The van der Waals surface area contributed by atoms with E-state index < -0.39 is 0 Å². The summed E-state index contributed by atoms with van der Waals surface area (Å²) < 4.78 is 0. The molecule has 3 rings (SSSR count). The van der Waals surface area contributed by atoms with Crippen LogP contribution in [-0.4, -0.2) is 21.9 Å². The molecule has 1 unspecified atom stereocenters. The Morgan fingerprint density at radius 1 is 1.21 bits per heavy atom. The van der Waals surface area contributed by atoms with Crippen molar-refractivity contribution >= 4 is 22.3 Å². The molecule has 0 aliphatic carbocycles. The van der Waals surface area contributed by atoms with Gasteiger partial charge in [0.1, 0.15) is 0 Å². The maximum Gasteiger partial charge on any atom is 0.295 e. The molecule has 0 radical (unpaired) electrons. The summed E-state index contributed by atoms with van der Waals surface area (Å²) in [4.78, 5) is 21.8. The number of para-hydroxylation sites is 1. The highest BCUT2D eigenvalue weighted by molar-refractivity contribution is 5.97. The number of anilines is 1. The van der Waals surface area contributed by atoms with Crippen LogP contribution >= 0.6 is 0 Å². The van der Waals surface area contributed by atoms with Crippen LogP contribution < -0.4 is 4.90 Å². The third kappa shape index (κ3) is 2.78. The lowest BCUT2D eigenvalue weighted by Gasteiger charge is -2.28. The van der Waals surface area contributed by atoms with E-state index in [1.165, 1.54) is 6.07 Å². The molecule has 0 bridgehead atoms. The van der Waals surface area contributed by atoms with E-state index in [4.69, 9.17) is 0 Å². The number of hydrogen-bond acceptors (Lipinski definition) is 5. The number of benzene rings is 1. The van der Waals surface area contributed by atoms with Gasteiger partial charge in [-0.2, -0.15) is 0 Å². The van der Waals surface area contributed by atoms with Crippen molar-refractivity contribution in [1.29, 1.82) is 0 Å². The lowest BCUT2D eigenvalue weighted by molar-refractivity contribution is -0.383. The van der Waals surface area contributed by atoms with Crippen LogP contribution in [0.25, 0.3) is 10.9 Å². The Balaban J connectivity index is 2.15. The van der Waals surface area contributed by atoms with Gasteiger partial charge in [-0.15, -0.1) is 0 Å². The number of rotatable bonds is 4. The number of nitrogens with zero attached hydrogens (tertiary/aromatic N) is 4. The molecule has 0 N–H and O–H groups in total. The Kier molecular flexibility index (Phi) is 4.12. The van der Waals surface area contributed by atoms with E-state index in [9.17, 15) is 10.1 Å². The molecule has 6 heteroatoms. The fourth-order valence-corrected chi connectivity index (χ4v) is 2.81. The summed E-state index contributed by atoms with van der Waals surface area (Å²) in [6.07, 6.45) is 1.76. The number of aromatic nitrogens is 2. The largest absolute Gasteiger partial charge is 0.366 e. The fraction of sp³-hybridized carbons (Fsp3) is 0.222. The zero-order valence-electron chi connectivity index (χ0n) is 13.8. The molecular formula is C18H18N4O2. The van der Waals surface area contributed by atoms with Gasteiger partial charge in [0.25, 0.3) is 5.69 Å². The monoisotopic (exact) mass is 322 g/mol. The Hall–Kier alpha value is -3.02. The molecule has 0 fully saturated rings. The molecule has 0 amide bonds. The Bertz CT molecular complexity index is 896. The molecule has 2 heterocycles. The van der Waals surface area contributed by atoms with Crippen molar-refractivity contribution in [3.63, 3.8) is 0 Å². The third-order valence-corrected chi connectivity index (χ3v) is 4.20. The van der Waals surface area contributed by atoms with E-state index in [-0.39, 0.29) is 16.7 Å². The first kappa shape index (κ1) is 15.9. The van der Waals surface area contributed by atoms with E-state index in [1.54, 1.807) is 12.3 Å². The van der Waals surface area contributed by atoms with E-state index in [0.29, 0.717) is 5.52 Å². The van der Waals surface area contributed by atoms with Crippen molar-refractivity contribution < 1.29 is 4.92 Å². The fourth-order valence-electron chi connectivity index (χ4n) is 2.81. The number of nitro groups is 1. The summed E-state index contributed by atoms with van der Waals surface area (Å²) in [5.74, 6) is 0. The van der Waals surface area contributed by atoms with Gasteiger partial charge >= 0.3 is 0 Å². The van der Waals surface area contributed by atoms with Crippen molar-refractivity contribution in [3.05, 3.63) is 70.2 Å². The second-order valence-corrected chi connectivity index (χ2v) is 5.75. The van der Waals surface area contributed by atoms with Crippen LogP contribution in [-0.2, 0) is 0 Å². The number of non-ortho nitro benzene ring substituents is 1. The maximum atomic E-state index is 11.3. The van der Waals surface area contributed by atoms with Gasteiger partial charge in [-0.1, -0.05) is 18.2 Å². The first-order chi connectivity index (χ1) is 11.5. The molecule has 0 aliphatic rings. The number of hydrogen-bond donors (Lipinski definition) is 0. The van der Waals surface area contributed by atoms with Crippen LogP contribution in [0.3, 0.4) is 0 Å². The zero-order valence-corrected chi connectivity index (χ0v) is 13.8. The average Bonchev–Trinajstić information content (AvgIpc) is 2.59. The van der Waals surface area contributed by atoms with Crippen molar-refractivity contribution in [2.45, 2.75) is 19.9 Å². The minimum Gasteiger partial charge on any atom is -0.366 e. The molecular weight excluding hydrogens is 304 g/mol. The topological polar surface area (TPSA) is 72.2 Å². The first-order valence-corrected chi connectivity index (χ1v) is 7.67. The SMILES string of the molecule is Cc1cc(N(C)C(C)c2ccccn2)c2cccc([N+](=O)[O-])c2n1.